The molecule has 0 aliphatic carbocycles. The third-order valence-corrected chi connectivity index (χ3v) is 5.04. The second-order valence-corrected chi connectivity index (χ2v) is 8.30. The Morgan fingerprint density at radius 3 is 2.52 bits per heavy atom. The van der Waals surface area contributed by atoms with Crippen molar-refractivity contribution in [2.45, 2.75) is 0 Å². The number of methoxy groups -OCH3 is 1. The van der Waals surface area contributed by atoms with Gasteiger partial charge in [-0.2, -0.15) is 5.10 Å². The minimum atomic E-state index is -3.48. The second-order valence-electron chi connectivity index (χ2n) is 6.55. The number of benzene rings is 1. The first-order chi connectivity index (χ1) is 13.9. The maximum atomic E-state index is 11.8. The Bertz CT molecular complexity index is 1300. The fourth-order valence-electron chi connectivity index (χ4n) is 3.19. The molecule has 4 rings (SSSR count). The standard InChI is InChI=1S/C20H19N5O3S/c1-25-19(7-9-22-25)17-10-13(15-6-4-5-8-21-15)14-11-20(28-2)18(12-16(14)23-17)24-29(3,26)27/h4-12,24H,1-3H3. The normalized spacial score (nSPS) is 11.6. The number of fused-ring (bicyclic) bond motifs is 1. The number of nitrogens with one attached hydrogen (secondary N) is 1. The van der Waals surface area contributed by atoms with Gasteiger partial charge in [0, 0.05) is 30.4 Å². The van der Waals surface area contributed by atoms with Crippen LogP contribution in [0, 0.1) is 0 Å². The van der Waals surface area contributed by atoms with Crippen LogP contribution >= 0.6 is 0 Å². The summed E-state index contributed by atoms with van der Waals surface area (Å²) in [5.74, 6) is 0.398. The van der Waals surface area contributed by atoms with E-state index in [1.54, 1.807) is 29.2 Å². The van der Waals surface area contributed by atoms with Gasteiger partial charge in [0.15, 0.2) is 0 Å². The smallest absolute Gasteiger partial charge is 0.229 e. The lowest BCUT2D eigenvalue weighted by molar-refractivity contribution is 0.417. The van der Waals surface area contributed by atoms with Crippen LogP contribution in [0.2, 0.25) is 0 Å². The van der Waals surface area contributed by atoms with E-state index >= 15 is 0 Å². The van der Waals surface area contributed by atoms with Crippen LogP contribution in [0.15, 0.2) is 54.9 Å². The zero-order chi connectivity index (χ0) is 20.6. The lowest BCUT2D eigenvalue weighted by Gasteiger charge is -2.14. The Kier molecular flexibility index (Phi) is 4.67. The van der Waals surface area contributed by atoms with Crippen LogP contribution in [-0.2, 0) is 17.1 Å². The molecule has 1 N–H and O–H groups in total. The van der Waals surface area contributed by atoms with Crippen LogP contribution in [-0.4, -0.2) is 41.5 Å². The molecule has 0 radical (unpaired) electrons. The molecule has 0 spiro atoms. The summed E-state index contributed by atoms with van der Waals surface area (Å²) in [6.45, 7) is 0. The number of aryl methyl sites for hydroxylation is 1. The molecule has 0 aliphatic heterocycles. The van der Waals surface area contributed by atoms with E-state index < -0.39 is 10.0 Å². The van der Waals surface area contributed by atoms with Gasteiger partial charge >= 0.3 is 0 Å². The monoisotopic (exact) mass is 409 g/mol. The summed E-state index contributed by atoms with van der Waals surface area (Å²) >= 11 is 0. The highest BCUT2D eigenvalue weighted by Gasteiger charge is 2.17. The molecule has 0 fully saturated rings. The molecule has 0 saturated carbocycles. The molecule has 0 aliphatic rings. The quantitative estimate of drug-likeness (QED) is 0.544. The van der Waals surface area contributed by atoms with E-state index in [0.717, 1.165) is 28.6 Å². The highest BCUT2D eigenvalue weighted by atomic mass is 32.2. The van der Waals surface area contributed by atoms with Crippen LogP contribution in [0.25, 0.3) is 33.5 Å². The maximum Gasteiger partial charge on any atom is 0.229 e. The molecule has 8 nitrogen and oxygen atoms in total. The Morgan fingerprint density at radius 2 is 1.90 bits per heavy atom. The highest BCUT2D eigenvalue weighted by Crippen LogP contribution is 2.37. The summed E-state index contributed by atoms with van der Waals surface area (Å²) in [5, 5.41) is 5.02. The number of nitrogens with zero attached hydrogens (tertiary/aromatic N) is 4. The van der Waals surface area contributed by atoms with E-state index in [-0.39, 0.29) is 0 Å². The molecule has 1 aromatic carbocycles. The van der Waals surface area contributed by atoms with Gasteiger partial charge in [0.25, 0.3) is 0 Å². The number of rotatable bonds is 5. The van der Waals surface area contributed by atoms with Crippen LogP contribution in [0.1, 0.15) is 0 Å². The number of aromatic nitrogens is 4. The van der Waals surface area contributed by atoms with Gasteiger partial charge in [0.1, 0.15) is 5.75 Å². The summed E-state index contributed by atoms with van der Waals surface area (Å²) in [6.07, 6.45) is 4.52. The molecular weight excluding hydrogens is 390 g/mol. The first kappa shape index (κ1) is 18.9. The highest BCUT2D eigenvalue weighted by molar-refractivity contribution is 7.92. The summed E-state index contributed by atoms with van der Waals surface area (Å²) in [4.78, 5) is 9.23. The van der Waals surface area contributed by atoms with Crippen LogP contribution in [0.5, 0.6) is 5.75 Å². The molecule has 0 atom stereocenters. The predicted octanol–water partition coefficient (Wildman–Crippen LogP) is 3.08. The van der Waals surface area contributed by atoms with Gasteiger partial charge in [-0.15, -0.1) is 0 Å². The first-order valence-electron chi connectivity index (χ1n) is 8.76. The van der Waals surface area contributed by atoms with Crippen molar-refractivity contribution >= 4 is 26.6 Å². The van der Waals surface area contributed by atoms with Crippen LogP contribution in [0.3, 0.4) is 0 Å². The summed E-state index contributed by atoms with van der Waals surface area (Å²) in [7, 11) is -0.153. The molecule has 29 heavy (non-hydrogen) atoms. The van der Waals surface area contributed by atoms with E-state index in [9.17, 15) is 8.42 Å². The third kappa shape index (κ3) is 3.77. The third-order valence-electron chi connectivity index (χ3n) is 4.45. The van der Waals surface area contributed by atoms with E-state index in [0.29, 0.717) is 22.6 Å². The van der Waals surface area contributed by atoms with E-state index in [2.05, 4.69) is 14.8 Å². The van der Waals surface area contributed by atoms with Crippen molar-refractivity contribution in [3.63, 3.8) is 0 Å². The average molecular weight is 409 g/mol. The molecule has 0 saturated heterocycles. The number of ether oxygens (including phenoxy) is 1. The van der Waals surface area contributed by atoms with Crippen LogP contribution < -0.4 is 9.46 Å². The lowest BCUT2D eigenvalue weighted by atomic mass is 10.0. The van der Waals surface area contributed by atoms with Crippen LogP contribution in [0.4, 0.5) is 5.69 Å². The fraction of sp³-hybridized carbons (Fsp3) is 0.150. The predicted molar refractivity (Wildman–Crippen MR) is 112 cm³/mol. The first-order valence-corrected chi connectivity index (χ1v) is 10.7. The lowest BCUT2D eigenvalue weighted by Crippen LogP contribution is -2.10. The molecule has 3 heterocycles. The number of hydrogen-bond acceptors (Lipinski definition) is 6. The molecular formula is C20H19N5O3S. The van der Waals surface area contributed by atoms with Crippen molar-refractivity contribution < 1.29 is 13.2 Å². The summed E-state index contributed by atoms with van der Waals surface area (Å²) in [6, 6.07) is 12.9. The molecule has 148 valence electrons. The van der Waals surface area contributed by atoms with E-state index in [1.165, 1.54) is 7.11 Å². The molecule has 9 heteroatoms. The second kappa shape index (κ2) is 7.17. The molecule has 0 bridgehead atoms. The van der Waals surface area contributed by atoms with Gasteiger partial charge in [-0.05, 0) is 36.4 Å². The molecule has 4 aromatic rings. The Labute approximate surface area is 168 Å². The van der Waals surface area contributed by atoms with Gasteiger partial charge in [0.2, 0.25) is 10.0 Å². The number of pyridine rings is 2. The SMILES string of the molecule is COc1cc2c(-c3ccccn3)cc(-c3ccnn3C)nc2cc1NS(C)(=O)=O. The minimum absolute atomic E-state index is 0.323. The maximum absolute atomic E-state index is 11.8. The largest absolute Gasteiger partial charge is 0.495 e. The molecule has 0 unspecified atom stereocenters. The van der Waals surface area contributed by atoms with Crippen molar-refractivity contribution in [2.75, 3.05) is 18.1 Å². The van der Waals surface area contributed by atoms with Crippen molar-refractivity contribution in [3.05, 3.63) is 54.9 Å². The average Bonchev–Trinajstić information content (AvgIpc) is 3.12. The zero-order valence-electron chi connectivity index (χ0n) is 16.1. The van der Waals surface area contributed by atoms with Crippen molar-refractivity contribution in [3.8, 4) is 28.4 Å². The molecule has 0 amide bonds. The van der Waals surface area contributed by atoms with Crippen molar-refractivity contribution in [1.82, 2.24) is 19.7 Å². The van der Waals surface area contributed by atoms with E-state index in [1.807, 2.05) is 37.4 Å². The van der Waals surface area contributed by atoms with Gasteiger partial charge in [-0.1, -0.05) is 6.07 Å². The summed E-state index contributed by atoms with van der Waals surface area (Å²) in [5.41, 5.74) is 4.09. The Hall–Kier alpha value is -3.46. The fourth-order valence-corrected chi connectivity index (χ4v) is 3.75. The topological polar surface area (TPSA) is 99.0 Å². The number of anilines is 1. The van der Waals surface area contributed by atoms with Gasteiger partial charge in [-0.25, -0.2) is 13.4 Å². The zero-order valence-corrected chi connectivity index (χ0v) is 16.9. The number of hydrogen-bond donors (Lipinski definition) is 1. The van der Waals surface area contributed by atoms with Crippen molar-refractivity contribution in [1.29, 1.82) is 0 Å². The summed E-state index contributed by atoms with van der Waals surface area (Å²) < 4.78 is 33.2. The van der Waals surface area contributed by atoms with Gasteiger partial charge in [0.05, 0.1) is 41.7 Å². The Morgan fingerprint density at radius 1 is 1.07 bits per heavy atom. The van der Waals surface area contributed by atoms with Crippen molar-refractivity contribution in [2.24, 2.45) is 7.05 Å². The minimum Gasteiger partial charge on any atom is -0.495 e. The van der Waals surface area contributed by atoms with Gasteiger partial charge < -0.3 is 4.74 Å². The number of sulfonamides is 1. The Balaban J connectivity index is 2.04. The van der Waals surface area contributed by atoms with Gasteiger partial charge in [-0.3, -0.25) is 14.4 Å². The van der Waals surface area contributed by atoms with E-state index in [4.69, 9.17) is 9.72 Å². The molecule has 3 aromatic heterocycles.